The second-order valence-electron chi connectivity index (χ2n) is 7.36. The van der Waals surface area contributed by atoms with Crippen molar-refractivity contribution in [2.75, 3.05) is 25.3 Å². The molecule has 146 valence electrons. The lowest BCUT2D eigenvalue weighted by atomic mass is 10.2. The van der Waals surface area contributed by atoms with Crippen molar-refractivity contribution in [1.82, 2.24) is 10.2 Å². The first-order valence-electron chi connectivity index (χ1n) is 8.97. The van der Waals surface area contributed by atoms with Crippen LogP contribution in [-0.2, 0) is 26.0 Å². The van der Waals surface area contributed by atoms with Gasteiger partial charge >= 0.3 is 0 Å². The van der Waals surface area contributed by atoms with Crippen molar-refractivity contribution >= 4 is 21.7 Å². The Bertz CT molecular complexity index is 884. The number of benzene rings is 1. The molecular weight excluding hydrogens is 372 g/mol. The summed E-state index contributed by atoms with van der Waals surface area (Å²) in [5, 5.41) is 2.86. The Morgan fingerprint density at radius 3 is 2.74 bits per heavy atom. The van der Waals surface area contributed by atoms with Crippen molar-refractivity contribution in [3.05, 3.63) is 23.8 Å². The van der Waals surface area contributed by atoms with Gasteiger partial charge in [-0.05, 0) is 30.5 Å². The molecule has 1 aliphatic carbocycles. The number of amides is 2. The lowest BCUT2D eigenvalue weighted by Gasteiger charge is -2.23. The molecule has 2 aliphatic heterocycles. The first-order valence-corrected chi connectivity index (χ1v) is 10.8. The van der Waals surface area contributed by atoms with E-state index < -0.39 is 9.84 Å². The van der Waals surface area contributed by atoms with Crippen LogP contribution in [0.4, 0.5) is 0 Å². The van der Waals surface area contributed by atoms with Crippen LogP contribution in [0, 0.1) is 11.8 Å². The standard InChI is InChI=1S/C18H22N2O6S/c1-20(12-4-5-27(23,24)9-12)18(22)14-7-13(14)17(21)19-8-11-2-3-15-16(6-11)26-10-25-15/h2-3,6,12-14H,4-5,7-10H2,1H3,(H,19,21). The van der Waals surface area contributed by atoms with E-state index in [1.54, 1.807) is 13.1 Å². The molecule has 3 unspecified atom stereocenters. The maximum atomic E-state index is 12.5. The molecule has 1 aromatic rings. The van der Waals surface area contributed by atoms with Gasteiger partial charge in [0, 0.05) is 19.6 Å². The molecule has 9 heteroatoms. The summed E-state index contributed by atoms with van der Waals surface area (Å²) in [6, 6.07) is 5.21. The molecule has 8 nitrogen and oxygen atoms in total. The molecule has 3 aliphatic rings. The minimum Gasteiger partial charge on any atom is -0.454 e. The molecule has 1 saturated heterocycles. The van der Waals surface area contributed by atoms with Crippen molar-refractivity contribution < 1.29 is 27.5 Å². The van der Waals surface area contributed by atoms with E-state index in [4.69, 9.17) is 9.47 Å². The second kappa shape index (κ2) is 6.70. The maximum Gasteiger partial charge on any atom is 0.231 e. The second-order valence-corrected chi connectivity index (χ2v) is 9.59. The highest BCUT2D eigenvalue weighted by molar-refractivity contribution is 7.91. The highest BCUT2D eigenvalue weighted by atomic mass is 32.2. The van der Waals surface area contributed by atoms with E-state index in [1.807, 2.05) is 12.1 Å². The van der Waals surface area contributed by atoms with Crippen molar-refractivity contribution in [3.63, 3.8) is 0 Å². The molecule has 1 aromatic carbocycles. The molecule has 0 radical (unpaired) electrons. The highest BCUT2D eigenvalue weighted by Gasteiger charge is 2.50. The molecule has 4 rings (SSSR count). The number of fused-ring (bicyclic) bond motifs is 1. The third kappa shape index (κ3) is 3.73. The van der Waals surface area contributed by atoms with Gasteiger partial charge in [-0.25, -0.2) is 8.42 Å². The van der Waals surface area contributed by atoms with Crippen molar-refractivity contribution in [2.24, 2.45) is 11.8 Å². The van der Waals surface area contributed by atoms with Gasteiger partial charge in [-0.15, -0.1) is 0 Å². The monoisotopic (exact) mass is 394 g/mol. The van der Waals surface area contributed by atoms with Crippen molar-refractivity contribution in [2.45, 2.75) is 25.4 Å². The molecule has 2 amide bonds. The predicted octanol–water partition coefficient (Wildman–Crippen LogP) is 0.313. The number of ether oxygens (including phenoxy) is 2. The largest absolute Gasteiger partial charge is 0.454 e. The van der Waals surface area contributed by atoms with Gasteiger partial charge in [0.15, 0.2) is 21.3 Å². The van der Waals surface area contributed by atoms with Crippen LogP contribution in [0.25, 0.3) is 0 Å². The fraction of sp³-hybridized carbons (Fsp3) is 0.556. The van der Waals surface area contributed by atoms with E-state index in [1.165, 1.54) is 4.90 Å². The number of carbonyl (C=O) groups excluding carboxylic acids is 2. The first-order chi connectivity index (χ1) is 12.8. The van der Waals surface area contributed by atoms with Crippen LogP contribution in [0.15, 0.2) is 18.2 Å². The Labute approximate surface area is 157 Å². The minimum absolute atomic E-state index is 0.0168. The summed E-state index contributed by atoms with van der Waals surface area (Å²) in [5.41, 5.74) is 0.893. The third-order valence-corrected chi connectivity index (χ3v) is 7.20. The number of hydrogen-bond donors (Lipinski definition) is 1. The quantitative estimate of drug-likeness (QED) is 0.771. The van der Waals surface area contributed by atoms with Gasteiger partial charge in [0.05, 0.1) is 23.3 Å². The molecule has 3 atom stereocenters. The summed E-state index contributed by atoms with van der Waals surface area (Å²) in [4.78, 5) is 26.4. The first kappa shape index (κ1) is 18.1. The van der Waals surface area contributed by atoms with E-state index in [2.05, 4.69) is 5.32 Å². The van der Waals surface area contributed by atoms with E-state index in [0.29, 0.717) is 30.9 Å². The van der Waals surface area contributed by atoms with Crippen LogP contribution in [-0.4, -0.2) is 56.5 Å². The fourth-order valence-corrected chi connectivity index (χ4v) is 5.43. The normalized spacial score (nSPS) is 27.2. The zero-order valence-electron chi connectivity index (χ0n) is 15.0. The van der Waals surface area contributed by atoms with Crippen LogP contribution in [0.1, 0.15) is 18.4 Å². The Morgan fingerprint density at radius 2 is 2.00 bits per heavy atom. The van der Waals surface area contributed by atoms with Gasteiger partial charge in [-0.3, -0.25) is 9.59 Å². The number of nitrogens with zero attached hydrogens (tertiary/aromatic N) is 1. The summed E-state index contributed by atoms with van der Waals surface area (Å²) in [6.07, 6.45) is 0.980. The van der Waals surface area contributed by atoms with E-state index >= 15 is 0 Å². The number of nitrogens with one attached hydrogen (secondary N) is 1. The number of rotatable bonds is 5. The number of carbonyl (C=O) groups is 2. The highest BCUT2D eigenvalue weighted by Crippen LogP contribution is 2.41. The summed E-state index contributed by atoms with van der Waals surface area (Å²) >= 11 is 0. The maximum absolute atomic E-state index is 12.5. The van der Waals surface area contributed by atoms with Gasteiger partial charge in [-0.2, -0.15) is 0 Å². The van der Waals surface area contributed by atoms with Crippen molar-refractivity contribution in [3.8, 4) is 11.5 Å². The average Bonchev–Trinajstić information content (AvgIpc) is 3.16. The SMILES string of the molecule is CN(C(=O)C1CC1C(=O)NCc1ccc2c(c1)OCO2)C1CCS(=O)(=O)C1. The Morgan fingerprint density at radius 1 is 1.22 bits per heavy atom. The molecule has 27 heavy (non-hydrogen) atoms. The lowest BCUT2D eigenvalue weighted by molar-refractivity contribution is -0.135. The van der Waals surface area contributed by atoms with Gasteiger partial charge in [-0.1, -0.05) is 6.07 Å². The molecule has 0 aromatic heterocycles. The molecule has 0 bridgehead atoms. The Hall–Kier alpha value is -2.29. The van der Waals surface area contributed by atoms with Gasteiger partial charge in [0.25, 0.3) is 0 Å². The molecule has 2 heterocycles. The topological polar surface area (TPSA) is 102 Å². The molecule has 2 fully saturated rings. The third-order valence-electron chi connectivity index (χ3n) is 5.45. The molecule has 1 N–H and O–H groups in total. The average molecular weight is 394 g/mol. The van der Waals surface area contributed by atoms with Gasteiger partial charge < -0.3 is 19.7 Å². The van der Waals surface area contributed by atoms with Crippen LogP contribution in [0.2, 0.25) is 0 Å². The predicted molar refractivity (Wildman–Crippen MR) is 95.8 cm³/mol. The summed E-state index contributed by atoms with van der Waals surface area (Å²) in [5.74, 6) is 0.507. The molecule has 0 spiro atoms. The Kier molecular flexibility index (Phi) is 4.49. The fourth-order valence-electron chi connectivity index (χ4n) is 3.65. The lowest BCUT2D eigenvalue weighted by Crippen LogP contribution is -2.39. The van der Waals surface area contributed by atoms with Crippen LogP contribution < -0.4 is 14.8 Å². The smallest absolute Gasteiger partial charge is 0.231 e. The van der Waals surface area contributed by atoms with Crippen LogP contribution in [0.3, 0.4) is 0 Å². The summed E-state index contributed by atoms with van der Waals surface area (Å²) < 4.78 is 33.8. The molecular formula is C18H22N2O6S. The summed E-state index contributed by atoms with van der Waals surface area (Å²) in [7, 11) is -1.41. The minimum atomic E-state index is -3.05. The van der Waals surface area contributed by atoms with Gasteiger partial charge in [0.1, 0.15) is 0 Å². The Balaban J connectivity index is 1.28. The number of sulfone groups is 1. The van der Waals surface area contributed by atoms with Gasteiger partial charge in [0.2, 0.25) is 18.6 Å². The number of hydrogen-bond acceptors (Lipinski definition) is 6. The van der Waals surface area contributed by atoms with E-state index in [-0.39, 0.29) is 48.0 Å². The zero-order chi connectivity index (χ0) is 19.2. The van der Waals surface area contributed by atoms with E-state index in [9.17, 15) is 18.0 Å². The van der Waals surface area contributed by atoms with Crippen LogP contribution >= 0.6 is 0 Å². The van der Waals surface area contributed by atoms with E-state index in [0.717, 1.165) is 5.56 Å². The van der Waals surface area contributed by atoms with Crippen LogP contribution in [0.5, 0.6) is 11.5 Å². The van der Waals surface area contributed by atoms with Crippen molar-refractivity contribution in [1.29, 1.82) is 0 Å². The summed E-state index contributed by atoms with van der Waals surface area (Å²) in [6.45, 7) is 0.552. The zero-order valence-corrected chi connectivity index (χ0v) is 15.8. The molecule has 1 saturated carbocycles.